The SMILES string of the molecule is O=C(Cc1cnn(-c2ccccc2)c1)Nc1nc(-c2ccc(F)c(F)c2)cs1. The van der Waals surface area contributed by atoms with Crippen molar-refractivity contribution < 1.29 is 13.6 Å². The first-order valence-electron chi connectivity index (χ1n) is 8.38. The van der Waals surface area contributed by atoms with Gasteiger partial charge >= 0.3 is 0 Å². The lowest BCUT2D eigenvalue weighted by Gasteiger charge is -2.01. The van der Waals surface area contributed by atoms with Crippen molar-refractivity contribution in [2.75, 3.05) is 5.32 Å². The second-order valence-electron chi connectivity index (χ2n) is 6.02. The average Bonchev–Trinajstić information content (AvgIpc) is 3.34. The molecule has 0 saturated heterocycles. The number of carbonyl (C=O) groups excluding carboxylic acids is 1. The van der Waals surface area contributed by atoms with Crippen molar-refractivity contribution in [2.24, 2.45) is 0 Å². The van der Waals surface area contributed by atoms with Crippen molar-refractivity contribution in [3.63, 3.8) is 0 Å². The van der Waals surface area contributed by atoms with E-state index in [1.807, 2.05) is 30.3 Å². The Labute approximate surface area is 163 Å². The number of nitrogens with one attached hydrogen (secondary N) is 1. The Morgan fingerprint density at radius 2 is 1.93 bits per heavy atom. The lowest BCUT2D eigenvalue weighted by atomic mass is 10.2. The number of amides is 1. The molecule has 4 aromatic rings. The van der Waals surface area contributed by atoms with Gasteiger partial charge < -0.3 is 5.32 Å². The summed E-state index contributed by atoms with van der Waals surface area (Å²) in [5.74, 6) is -2.09. The van der Waals surface area contributed by atoms with Crippen molar-refractivity contribution in [2.45, 2.75) is 6.42 Å². The van der Waals surface area contributed by atoms with Crippen molar-refractivity contribution in [3.8, 4) is 16.9 Å². The molecular weight excluding hydrogens is 382 g/mol. The minimum Gasteiger partial charge on any atom is -0.302 e. The number of thiazole rings is 1. The topological polar surface area (TPSA) is 59.8 Å². The number of carbonyl (C=O) groups is 1. The summed E-state index contributed by atoms with van der Waals surface area (Å²) in [6.07, 6.45) is 3.58. The van der Waals surface area contributed by atoms with Gasteiger partial charge in [-0.15, -0.1) is 11.3 Å². The minimum atomic E-state index is -0.938. The van der Waals surface area contributed by atoms with Crippen LogP contribution in [0.25, 0.3) is 16.9 Å². The monoisotopic (exact) mass is 396 g/mol. The largest absolute Gasteiger partial charge is 0.302 e. The number of halogens is 2. The van der Waals surface area contributed by atoms with E-state index in [1.54, 1.807) is 22.5 Å². The molecule has 0 saturated carbocycles. The van der Waals surface area contributed by atoms with E-state index in [1.165, 1.54) is 17.4 Å². The van der Waals surface area contributed by atoms with Crippen molar-refractivity contribution in [3.05, 3.63) is 83.5 Å². The standard InChI is InChI=1S/C20H14F2N4OS/c21-16-7-6-14(9-17(16)22)18-12-28-20(24-18)25-19(27)8-13-10-23-26(11-13)15-4-2-1-3-5-15/h1-7,9-12H,8H2,(H,24,25,27). The molecule has 140 valence electrons. The van der Waals surface area contributed by atoms with Gasteiger partial charge in [0.1, 0.15) is 0 Å². The van der Waals surface area contributed by atoms with Crippen molar-refractivity contribution in [1.29, 1.82) is 0 Å². The number of aromatic nitrogens is 3. The number of anilines is 1. The zero-order valence-electron chi connectivity index (χ0n) is 14.5. The van der Waals surface area contributed by atoms with Crippen LogP contribution in [0.15, 0.2) is 66.3 Å². The predicted octanol–water partition coefficient (Wildman–Crippen LogP) is 4.46. The zero-order valence-corrected chi connectivity index (χ0v) is 15.3. The summed E-state index contributed by atoms with van der Waals surface area (Å²) in [6, 6.07) is 13.2. The van der Waals surface area contributed by atoms with E-state index < -0.39 is 11.6 Å². The van der Waals surface area contributed by atoms with E-state index in [0.717, 1.165) is 23.4 Å². The van der Waals surface area contributed by atoms with Gasteiger partial charge in [-0.05, 0) is 35.9 Å². The highest BCUT2D eigenvalue weighted by molar-refractivity contribution is 7.14. The Bertz CT molecular complexity index is 1120. The lowest BCUT2D eigenvalue weighted by Crippen LogP contribution is -2.13. The van der Waals surface area contributed by atoms with E-state index in [9.17, 15) is 13.6 Å². The molecule has 5 nitrogen and oxygen atoms in total. The molecule has 2 aromatic carbocycles. The number of para-hydroxylation sites is 1. The summed E-state index contributed by atoms with van der Waals surface area (Å²) in [5.41, 5.74) is 2.58. The fourth-order valence-electron chi connectivity index (χ4n) is 2.64. The summed E-state index contributed by atoms with van der Waals surface area (Å²) in [4.78, 5) is 16.5. The maximum atomic E-state index is 13.4. The highest BCUT2D eigenvalue weighted by atomic mass is 32.1. The summed E-state index contributed by atoms with van der Waals surface area (Å²) < 4.78 is 28.1. The number of hydrogen-bond acceptors (Lipinski definition) is 4. The third-order valence-corrected chi connectivity index (χ3v) is 4.75. The van der Waals surface area contributed by atoms with Crippen molar-refractivity contribution in [1.82, 2.24) is 14.8 Å². The summed E-state index contributed by atoms with van der Waals surface area (Å²) in [7, 11) is 0. The third kappa shape index (κ3) is 3.96. The second kappa shape index (κ2) is 7.69. The molecule has 0 aliphatic rings. The van der Waals surface area contributed by atoms with Crippen LogP contribution in [0.3, 0.4) is 0 Å². The third-order valence-electron chi connectivity index (χ3n) is 3.99. The van der Waals surface area contributed by atoms with Crippen LogP contribution in [-0.2, 0) is 11.2 Å². The molecule has 2 aromatic heterocycles. The molecule has 0 fully saturated rings. The molecule has 0 aliphatic heterocycles. The summed E-state index contributed by atoms with van der Waals surface area (Å²) in [5, 5.41) is 9.05. The first-order chi connectivity index (χ1) is 13.6. The van der Waals surface area contributed by atoms with Crippen LogP contribution in [0.2, 0.25) is 0 Å². The Balaban J connectivity index is 1.41. The van der Waals surface area contributed by atoms with Gasteiger partial charge in [-0.25, -0.2) is 18.4 Å². The fraction of sp³-hybridized carbons (Fsp3) is 0.0500. The van der Waals surface area contributed by atoms with Crippen molar-refractivity contribution >= 4 is 22.4 Å². The summed E-state index contributed by atoms with van der Waals surface area (Å²) in [6.45, 7) is 0. The maximum absolute atomic E-state index is 13.4. The molecule has 0 aliphatic carbocycles. The van der Waals surface area contributed by atoms with Gasteiger partial charge in [0.25, 0.3) is 0 Å². The average molecular weight is 396 g/mol. The normalized spacial score (nSPS) is 10.8. The second-order valence-corrected chi connectivity index (χ2v) is 6.88. The van der Waals surface area contributed by atoms with Crippen LogP contribution < -0.4 is 5.32 Å². The molecule has 28 heavy (non-hydrogen) atoms. The molecular formula is C20H14F2N4OS. The minimum absolute atomic E-state index is 0.146. The van der Waals surface area contributed by atoms with Crippen LogP contribution in [-0.4, -0.2) is 20.7 Å². The van der Waals surface area contributed by atoms with Crippen LogP contribution in [0.5, 0.6) is 0 Å². The van der Waals surface area contributed by atoms with Crippen LogP contribution in [0, 0.1) is 11.6 Å². The number of nitrogens with zero attached hydrogens (tertiary/aromatic N) is 3. The molecule has 1 amide bonds. The first-order valence-corrected chi connectivity index (χ1v) is 9.26. The highest BCUT2D eigenvalue weighted by Gasteiger charge is 2.12. The number of benzene rings is 2. The first kappa shape index (κ1) is 18.0. The Hall–Kier alpha value is -3.39. The van der Waals surface area contributed by atoms with E-state index in [2.05, 4.69) is 15.4 Å². The predicted molar refractivity (Wildman–Crippen MR) is 103 cm³/mol. The lowest BCUT2D eigenvalue weighted by molar-refractivity contribution is -0.115. The maximum Gasteiger partial charge on any atom is 0.230 e. The Kier molecular flexibility index (Phi) is 4.94. The molecule has 2 heterocycles. The van der Waals surface area contributed by atoms with Crippen LogP contribution in [0.1, 0.15) is 5.56 Å². The fourth-order valence-corrected chi connectivity index (χ4v) is 3.38. The smallest absolute Gasteiger partial charge is 0.230 e. The zero-order chi connectivity index (χ0) is 19.5. The molecule has 0 atom stereocenters. The summed E-state index contributed by atoms with van der Waals surface area (Å²) >= 11 is 1.22. The number of rotatable bonds is 5. The molecule has 1 N–H and O–H groups in total. The Morgan fingerprint density at radius 1 is 1.11 bits per heavy atom. The Morgan fingerprint density at radius 3 is 2.71 bits per heavy atom. The van der Waals surface area contributed by atoms with E-state index in [-0.39, 0.29) is 12.3 Å². The van der Waals surface area contributed by atoms with Crippen LogP contribution >= 0.6 is 11.3 Å². The van der Waals surface area contributed by atoms with Gasteiger partial charge in [0.05, 0.1) is 24.0 Å². The van der Waals surface area contributed by atoms with Gasteiger partial charge in [-0.2, -0.15) is 5.10 Å². The number of hydrogen-bond donors (Lipinski definition) is 1. The van der Waals surface area contributed by atoms with Gasteiger partial charge in [-0.3, -0.25) is 4.79 Å². The highest BCUT2D eigenvalue weighted by Crippen LogP contribution is 2.26. The molecule has 0 spiro atoms. The molecule has 8 heteroatoms. The van der Waals surface area contributed by atoms with E-state index >= 15 is 0 Å². The van der Waals surface area contributed by atoms with E-state index in [0.29, 0.717) is 16.4 Å². The van der Waals surface area contributed by atoms with Gasteiger partial charge in [0, 0.05) is 17.1 Å². The van der Waals surface area contributed by atoms with Gasteiger partial charge in [-0.1, -0.05) is 18.2 Å². The molecule has 4 rings (SSSR count). The van der Waals surface area contributed by atoms with Gasteiger partial charge in [0.2, 0.25) is 5.91 Å². The quantitative estimate of drug-likeness (QED) is 0.542. The molecule has 0 unspecified atom stereocenters. The molecule has 0 bridgehead atoms. The van der Waals surface area contributed by atoms with E-state index in [4.69, 9.17) is 0 Å². The van der Waals surface area contributed by atoms with Gasteiger partial charge in [0.15, 0.2) is 16.8 Å². The van der Waals surface area contributed by atoms with Crippen LogP contribution in [0.4, 0.5) is 13.9 Å². The molecule has 0 radical (unpaired) electrons.